The molecule has 2 aromatic heterocycles. The van der Waals surface area contributed by atoms with Crippen LogP contribution in [-0.4, -0.2) is 22.1 Å². The van der Waals surface area contributed by atoms with Gasteiger partial charge < -0.3 is 4.74 Å². The van der Waals surface area contributed by atoms with Gasteiger partial charge in [0.1, 0.15) is 11.5 Å². The van der Waals surface area contributed by atoms with E-state index in [2.05, 4.69) is 5.32 Å². The van der Waals surface area contributed by atoms with Gasteiger partial charge in [-0.3, -0.25) is 9.72 Å². The molecule has 1 amide bonds. The number of amides is 1. The SMILES string of the molecule is CCOC(=O)Nc1c(-c2ccccc2)nc2sc3ccccc3n12. The summed E-state index contributed by atoms with van der Waals surface area (Å²) in [5.41, 5.74) is 2.70. The third-order valence-corrected chi connectivity index (χ3v) is 4.72. The average Bonchev–Trinajstić information content (AvgIpc) is 3.13. The van der Waals surface area contributed by atoms with Crippen LogP contribution in [0.3, 0.4) is 0 Å². The van der Waals surface area contributed by atoms with Crippen molar-refractivity contribution in [2.75, 3.05) is 11.9 Å². The number of rotatable bonds is 3. The molecule has 0 bridgehead atoms. The molecule has 0 saturated carbocycles. The Hall–Kier alpha value is -2.86. The van der Waals surface area contributed by atoms with E-state index in [0.717, 1.165) is 26.4 Å². The van der Waals surface area contributed by atoms with Gasteiger partial charge in [-0.05, 0) is 19.1 Å². The number of nitrogens with zero attached hydrogens (tertiary/aromatic N) is 2. The van der Waals surface area contributed by atoms with Gasteiger partial charge >= 0.3 is 6.09 Å². The highest BCUT2D eigenvalue weighted by molar-refractivity contribution is 7.23. The maximum atomic E-state index is 12.0. The third-order valence-electron chi connectivity index (χ3n) is 3.70. The Morgan fingerprint density at radius 1 is 1.17 bits per heavy atom. The molecule has 0 aliphatic carbocycles. The van der Waals surface area contributed by atoms with Gasteiger partial charge in [-0.15, -0.1) is 0 Å². The fourth-order valence-electron chi connectivity index (χ4n) is 2.69. The van der Waals surface area contributed by atoms with E-state index >= 15 is 0 Å². The number of ether oxygens (including phenoxy) is 1. The van der Waals surface area contributed by atoms with Crippen molar-refractivity contribution in [1.82, 2.24) is 9.38 Å². The van der Waals surface area contributed by atoms with Crippen molar-refractivity contribution in [3.8, 4) is 11.3 Å². The van der Waals surface area contributed by atoms with Crippen molar-refractivity contribution in [3.05, 3.63) is 54.6 Å². The number of hydrogen-bond donors (Lipinski definition) is 1. The molecule has 1 N–H and O–H groups in total. The summed E-state index contributed by atoms with van der Waals surface area (Å²) in [5, 5.41) is 2.86. The van der Waals surface area contributed by atoms with Gasteiger partial charge in [0.25, 0.3) is 0 Å². The lowest BCUT2D eigenvalue weighted by Crippen LogP contribution is -2.15. The number of nitrogens with one attached hydrogen (secondary N) is 1. The van der Waals surface area contributed by atoms with Crippen LogP contribution in [0.4, 0.5) is 10.6 Å². The number of imidazole rings is 1. The number of aromatic nitrogens is 2. The highest BCUT2D eigenvalue weighted by atomic mass is 32.1. The van der Waals surface area contributed by atoms with E-state index in [1.165, 1.54) is 0 Å². The summed E-state index contributed by atoms with van der Waals surface area (Å²) in [6, 6.07) is 17.9. The Morgan fingerprint density at radius 2 is 1.92 bits per heavy atom. The van der Waals surface area contributed by atoms with E-state index in [-0.39, 0.29) is 0 Å². The fourth-order valence-corrected chi connectivity index (χ4v) is 3.72. The van der Waals surface area contributed by atoms with E-state index in [1.807, 2.05) is 59.0 Å². The molecule has 0 aliphatic heterocycles. The molecule has 4 rings (SSSR count). The van der Waals surface area contributed by atoms with Crippen molar-refractivity contribution in [1.29, 1.82) is 0 Å². The minimum Gasteiger partial charge on any atom is -0.450 e. The van der Waals surface area contributed by atoms with Gasteiger partial charge in [-0.1, -0.05) is 53.8 Å². The molecule has 4 aromatic rings. The molecule has 0 aliphatic rings. The number of para-hydroxylation sites is 1. The van der Waals surface area contributed by atoms with E-state index in [0.29, 0.717) is 12.4 Å². The second kappa shape index (κ2) is 5.98. The third kappa shape index (κ3) is 2.41. The van der Waals surface area contributed by atoms with Crippen LogP contribution in [0, 0.1) is 0 Å². The first-order valence-electron chi connectivity index (χ1n) is 7.67. The summed E-state index contributed by atoms with van der Waals surface area (Å²) < 4.78 is 8.14. The predicted octanol–water partition coefficient (Wildman–Crippen LogP) is 4.78. The summed E-state index contributed by atoms with van der Waals surface area (Å²) in [6.07, 6.45) is -0.480. The minimum absolute atomic E-state index is 0.318. The van der Waals surface area contributed by atoms with E-state index < -0.39 is 6.09 Å². The quantitative estimate of drug-likeness (QED) is 0.585. The van der Waals surface area contributed by atoms with Crippen molar-refractivity contribution >= 4 is 38.4 Å². The Bertz CT molecular complexity index is 1020. The molecule has 120 valence electrons. The van der Waals surface area contributed by atoms with E-state index in [4.69, 9.17) is 9.72 Å². The van der Waals surface area contributed by atoms with Crippen molar-refractivity contribution < 1.29 is 9.53 Å². The molecular weight excluding hydrogens is 322 g/mol. The fraction of sp³-hybridized carbons (Fsp3) is 0.111. The highest BCUT2D eigenvalue weighted by Crippen LogP contribution is 2.35. The zero-order valence-corrected chi connectivity index (χ0v) is 13.8. The van der Waals surface area contributed by atoms with Gasteiger partial charge in [0.15, 0.2) is 4.96 Å². The molecule has 0 atom stereocenters. The smallest absolute Gasteiger partial charge is 0.412 e. The number of hydrogen-bond acceptors (Lipinski definition) is 4. The Balaban J connectivity index is 1.96. The second-order valence-electron chi connectivity index (χ2n) is 5.21. The lowest BCUT2D eigenvalue weighted by atomic mass is 10.1. The number of anilines is 1. The monoisotopic (exact) mass is 337 g/mol. The van der Waals surface area contributed by atoms with Crippen molar-refractivity contribution in [2.24, 2.45) is 0 Å². The molecule has 0 spiro atoms. The largest absolute Gasteiger partial charge is 0.450 e. The average molecular weight is 337 g/mol. The van der Waals surface area contributed by atoms with Crippen LogP contribution < -0.4 is 5.32 Å². The summed E-state index contributed by atoms with van der Waals surface area (Å²) in [4.78, 5) is 17.6. The molecule has 2 heterocycles. The molecule has 0 fully saturated rings. The van der Waals surface area contributed by atoms with Crippen molar-refractivity contribution in [3.63, 3.8) is 0 Å². The van der Waals surface area contributed by atoms with Crippen LogP contribution in [-0.2, 0) is 4.74 Å². The van der Waals surface area contributed by atoms with Crippen LogP contribution in [0.15, 0.2) is 54.6 Å². The Kier molecular flexibility index (Phi) is 3.66. The molecule has 24 heavy (non-hydrogen) atoms. The molecule has 0 unspecified atom stereocenters. The van der Waals surface area contributed by atoms with Gasteiger partial charge in [-0.25, -0.2) is 9.78 Å². The molecule has 0 saturated heterocycles. The van der Waals surface area contributed by atoms with Crippen molar-refractivity contribution in [2.45, 2.75) is 6.92 Å². The molecular formula is C18H15N3O2S. The number of carbonyl (C=O) groups is 1. The molecule has 6 heteroatoms. The minimum atomic E-state index is -0.480. The summed E-state index contributed by atoms with van der Waals surface area (Å²) in [5.74, 6) is 0.632. The lowest BCUT2D eigenvalue weighted by molar-refractivity contribution is 0.168. The second-order valence-corrected chi connectivity index (χ2v) is 6.22. The summed E-state index contributed by atoms with van der Waals surface area (Å²) >= 11 is 1.59. The number of carbonyl (C=O) groups excluding carboxylic acids is 1. The van der Waals surface area contributed by atoms with Gasteiger partial charge in [0.05, 0.1) is 16.8 Å². The number of thiazole rings is 1. The standard InChI is InChI=1S/C18H15N3O2S/c1-2-23-18(22)20-16-15(12-8-4-3-5-9-12)19-17-21(16)13-10-6-7-11-14(13)24-17/h3-11H,2H2,1H3,(H,20,22). The van der Waals surface area contributed by atoms with E-state index in [9.17, 15) is 4.79 Å². The van der Waals surface area contributed by atoms with Crippen LogP contribution in [0.2, 0.25) is 0 Å². The zero-order chi connectivity index (χ0) is 16.5. The Labute approximate surface area is 142 Å². The summed E-state index contributed by atoms with van der Waals surface area (Å²) in [6.45, 7) is 2.10. The molecule has 0 radical (unpaired) electrons. The van der Waals surface area contributed by atoms with Gasteiger partial charge in [0, 0.05) is 5.56 Å². The maximum Gasteiger partial charge on any atom is 0.412 e. The summed E-state index contributed by atoms with van der Waals surface area (Å²) in [7, 11) is 0. The Morgan fingerprint density at radius 3 is 2.71 bits per heavy atom. The first-order valence-corrected chi connectivity index (χ1v) is 8.48. The van der Waals surface area contributed by atoms with Crippen LogP contribution in [0.1, 0.15) is 6.92 Å². The number of benzene rings is 2. The first-order chi connectivity index (χ1) is 11.8. The zero-order valence-electron chi connectivity index (χ0n) is 13.0. The van der Waals surface area contributed by atoms with Crippen LogP contribution >= 0.6 is 11.3 Å². The topological polar surface area (TPSA) is 55.6 Å². The highest BCUT2D eigenvalue weighted by Gasteiger charge is 2.20. The van der Waals surface area contributed by atoms with E-state index in [1.54, 1.807) is 18.3 Å². The molecule has 5 nitrogen and oxygen atoms in total. The normalized spacial score (nSPS) is 11.0. The van der Waals surface area contributed by atoms with Gasteiger partial charge in [0.2, 0.25) is 0 Å². The number of fused-ring (bicyclic) bond motifs is 3. The first kappa shape index (κ1) is 14.7. The lowest BCUT2D eigenvalue weighted by Gasteiger charge is -2.07. The predicted molar refractivity (Wildman–Crippen MR) is 96.7 cm³/mol. The molecule has 2 aromatic carbocycles. The van der Waals surface area contributed by atoms with Crippen LogP contribution in [0.25, 0.3) is 26.4 Å². The van der Waals surface area contributed by atoms with Gasteiger partial charge in [-0.2, -0.15) is 0 Å². The maximum absolute atomic E-state index is 12.0. The van der Waals surface area contributed by atoms with Crippen LogP contribution in [0.5, 0.6) is 0 Å².